The van der Waals surface area contributed by atoms with Crippen LogP contribution in [0.2, 0.25) is 0 Å². The third kappa shape index (κ3) is 8.53. The number of amides is 3. The number of benzene rings is 1. The molecule has 0 radical (unpaired) electrons. The number of para-hydroxylation sites is 1. The zero-order valence-electron chi connectivity index (χ0n) is 19.9. The molecule has 0 bridgehead atoms. The molecule has 3 amide bonds. The first-order valence-electron chi connectivity index (χ1n) is 11.7. The summed E-state index contributed by atoms with van der Waals surface area (Å²) in [6, 6.07) is 6.67. The number of aliphatic hydroxyl groups excluding tert-OH is 1. The lowest BCUT2D eigenvalue weighted by molar-refractivity contribution is -0.143. The number of rotatable bonds is 14. The van der Waals surface area contributed by atoms with Crippen molar-refractivity contribution in [2.75, 3.05) is 33.4 Å². The Morgan fingerprint density at radius 3 is 2.64 bits per heavy atom. The van der Waals surface area contributed by atoms with Crippen molar-refractivity contribution in [2.24, 2.45) is 11.8 Å². The summed E-state index contributed by atoms with van der Waals surface area (Å²) in [5, 5.41) is 14.8. The van der Waals surface area contributed by atoms with Gasteiger partial charge in [0.25, 0.3) is 0 Å². The minimum atomic E-state index is -1.02. The lowest BCUT2D eigenvalue weighted by Gasteiger charge is -2.28. The predicted octanol–water partition coefficient (Wildman–Crippen LogP) is 1.98. The molecule has 1 aliphatic carbocycles. The maximum absolute atomic E-state index is 12.5. The Labute approximate surface area is 196 Å². The fourth-order valence-corrected chi connectivity index (χ4v) is 3.44. The van der Waals surface area contributed by atoms with Crippen LogP contribution < -0.4 is 15.4 Å². The molecular formula is C25H37N3O5. The molecule has 0 aliphatic heterocycles. The maximum atomic E-state index is 12.5. The minimum absolute atomic E-state index is 0.166. The SMILES string of the molecule is CCCCOc1ccccc1/C=C/CNC(=O)CNC(=O)C(CO)N(C)C(=O)C(C)C1CC1. The third-order valence-corrected chi connectivity index (χ3v) is 5.82. The van der Waals surface area contributed by atoms with Crippen LogP contribution in [0.1, 0.15) is 45.1 Å². The smallest absolute Gasteiger partial charge is 0.245 e. The van der Waals surface area contributed by atoms with Crippen LogP contribution in [0.15, 0.2) is 30.3 Å². The fraction of sp³-hybridized carbons (Fsp3) is 0.560. The van der Waals surface area contributed by atoms with Crippen molar-refractivity contribution < 1.29 is 24.2 Å². The van der Waals surface area contributed by atoms with E-state index >= 15 is 0 Å². The number of likely N-dealkylation sites (N-methyl/N-ethyl adjacent to an activating group) is 1. The quantitative estimate of drug-likeness (QED) is 0.369. The van der Waals surface area contributed by atoms with Crippen LogP contribution in [0.25, 0.3) is 6.08 Å². The maximum Gasteiger partial charge on any atom is 0.245 e. The summed E-state index contributed by atoms with van der Waals surface area (Å²) in [7, 11) is 1.51. The number of hydrogen-bond acceptors (Lipinski definition) is 5. The van der Waals surface area contributed by atoms with Crippen molar-refractivity contribution in [3.8, 4) is 5.75 Å². The molecule has 8 heteroatoms. The third-order valence-electron chi connectivity index (χ3n) is 5.82. The summed E-state index contributed by atoms with van der Waals surface area (Å²) < 4.78 is 5.79. The average Bonchev–Trinajstić information content (AvgIpc) is 3.66. The zero-order chi connectivity index (χ0) is 24.2. The van der Waals surface area contributed by atoms with Crippen LogP contribution in [-0.4, -0.2) is 67.1 Å². The van der Waals surface area contributed by atoms with Gasteiger partial charge in [-0.1, -0.05) is 50.6 Å². The molecule has 33 heavy (non-hydrogen) atoms. The van der Waals surface area contributed by atoms with Crippen molar-refractivity contribution >= 4 is 23.8 Å². The lowest BCUT2D eigenvalue weighted by Crippen LogP contribution is -2.52. The Balaban J connectivity index is 1.76. The van der Waals surface area contributed by atoms with E-state index in [4.69, 9.17) is 4.74 Å². The Morgan fingerprint density at radius 1 is 1.24 bits per heavy atom. The summed E-state index contributed by atoms with van der Waals surface area (Å²) >= 11 is 0. The summed E-state index contributed by atoms with van der Waals surface area (Å²) in [5.41, 5.74) is 0.926. The van der Waals surface area contributed by atoms with Crippen LogP contribution in [0.3, 0.4) is 0 Å². The van der Waals surface area contributed by atoms with E-state index in [0.717, 1.165) is 37.0 Å². The first-order chi connectivity index (χ1) is 15.9. The molecule has 1 aliphatic rings. The van der Waals surface area contributed by atoms with Crippen molar-refractivity contribution in [1.82, 2.24) is 15.5 Å². The second-order valence-corrected chi connectivity index (χ2v) is 8.44. The first-order valence-corrected chi connectivity index (χ1v) is 11.7. The molecule has 0 spiro atoms. The van der Waals surface area contributed by atoms with Crippen molar-refractivity contribution in [1.29, 1.82) is 0 Å². The highest BCUT2D eigenvalue weighted by atomic mass is 16.5. The number of ether oxygens (including phenoxy) is 1. The van der Waals surface area contributed by atoms with E-state index in [1.54, 1.807) is 0 Å². The molecule has 0 heterocycles. The van der Waals surface area contributed by atoms with E-state index in [-0.39, 0.29) is 24.3 Å². The summed E-state index contributed by atoms with van der Waals surface area (Å²) in [6.07, 6.45) is 7.77. The van der Waals surface area contributed by atoms with E-state index in [1.807, 2.05) is 43.3 Å². The van der Waals surface area contributed by atoms with Crippen LogP contribution in [0.4, 0.5) is 0 Å². The molecule has 1 aromatic rings. The lowest BCUT2D eigenvalue weighted by atomic mass is 10.0. The van der Waals surface area contributed by atoms with Gasteiger partial charge in [-0.3, -0.25) is 14.4 Å². The molecule has 8 nitrogen and oxygen atoms in total. The second-order valence-electron chi connectivity index (χ2n) is 8.44. The highest BCUT2D eigenvalue weighted by molar-refractivity contribution is 5.91. The zero-order valence-corrected chi connectivity index (χ0v) is 19.9. The van der Waals surface area contributed by atoms with Crippen molar-refractivity contribution in [2.45, 2.75) is 45.6 Å². The number of nitrogens with one attached hydrogen (secondary N) is 2. The Kier molecular flexibility index (Phi) is 10.9. The molecule has 2 unspecified atom stereocenters. The monoisotopic (exact) mass is 459 g/mol. The molecule has 1 aromatic carbocycles. The van der Waals surface area contributed by atoms with Crippen LogP contribution in [0.5, 0.6) is 5.75 Å². The van der Waals surface area contributed by atoms with Gasteiger partial charge in [-0.15, -0.1) is 0 Å². The highest BCUT2D eigenvalue weighted by Gasteiger charge is 2.37. The van der Waals surface area contributed by atoms with Gasteiger partial charge in [0.1, 0.15) is 11.8 Å². The van der Waals surface area contributed by atoms with Gasteiger partial charge in [0.2, 0.25) is 17.7 Å². The van der Waals surface area contributed by atoms with Crippen molar-refractivity contribution in [3.05, 3.63) is 35.9 Å². The summed E-state index contributed by atoms with van der Waals surface area (Å²) in [6.45, 7) is 4.17. The van der Waals surface area contributed by atoms with Crippen LogP contribution in [0, 0.1) is 11.8 Å². The van der Waals surface area contributed by atoms with E-state index in [0.29, 0.717) is 19.1 Å². The van der Waals surface area contributed by atoms with Crippen LogP contribution >= 0.6 is 0 Å². The summed E-state index contributed by atoms with van der Waals surface area (Å²) in [5.74, 6) is -0.103. The van der Waals surface area contributed by atoms with E-state index in [9.17, 15) is 19.5 Å². The van der Waals surface area contributed by atoms with E-state index in [1.165, 1.54) is 11.9 Å². The van der Waals surface area contributed by atoms with Gasteiger partial charge in [0.05, 0.1) is 19.8 Å². The summed E-state index contributed by atoms with van der Waals surface area (Å²) in [4.78, 5) is 38.3. The standard InChI is InChI=1S/C25H37N3O5/c1-4-5-15-33-22-11-7-6-9-20(22)10-8-14-26-23(30)16-27-24(31)21(17-29)28(3)25(32)18(2)19-12-13-19/h6-11,18-19,21,29H,4-5,12-17H2,1-3H3,(H,26,30)(H,27,31)/b10-8+. The fourth-order valence-electron chi connectivity index (χ4n) is 3.44. The number of hydrogen-bond donors (Lipinski definition) is 3. The van der Waals surface area contributed by atoms with Gasteiger partial charge in [0, 0.05) is 25.1 Å². The number of nitrogens with zero attached hydrogens (tertiary/aromatic N) is 1. The Bertz CT molecular complexity index is 822. The van der Waals surface area contributed by atoms with Gasteiger partial charge < -0.3 is 25.4 Å². The normalized spacial score (nSPS) is 15.0. The minimum Gasteiger partial charge on any atom is -0.493 e. The first kappa shape index (κ1) is 26.4. The van der Waals surface area contributed by atoms with Gasteiger partial charge in [-0.05, 0) is 31.2 Å². The molecule has 2 rings (SSSR count). The van der Waals surface area contributed by atoms with Gasteiger partial charge in [0.15, 0.2) is 0 Å². The second kappa shape index (κ2) is 13.6. The van der Waals surface area contributed by atoms with Gasteiger partial charge in [-0.25, -0.2) is 0 Å². The molecule has 0 saturated heterocycles. The van der Waals surface area contributed by atoms with Gasteiger partial charge >= 0.3 is 0 Å². The van der Waals surface area contributed by atoms with Gasteiger partial charge in [-0.2, -0.15) is 0 Å². The van der Waals surface area contributed by atoms with E-state index < -0.39 is 18.6 Å². The molecule has 182 valence electrons. The number of unbranched alkanes of at least 4 members (excludes halogenated alkanes) is 1. The molecule has 0 aromatic heterocycles. The number of carbonyl (C=O) groups excluding carboxylic acids is 3. The Morgan fingerprint density at radius 2 is 1.97 bits per heavy atom. The predicted molar refractivity (Wildman–Crippen MR) is 127 cm³/mol. The molecule has 1 fully saturated rings. The molecule has 2 atom stereocenters. The van der Waals surface area contributed by atoms with E-state index in [2.05, 4.69) is 17.6 Å². The molecule has 1 saturated carbocycles. The number of aliphatic hydroxyl groups is 1. The highest BCUT2D eigenvalue weighted by Crippen LogP contribution is 2.37. The van der Waals surface area contributed by atoms with Crippen molar-refractivity contribution in [3.63, 3.8) is 0 Å². The molecule has 3 N–H and O–H groups in total. The Hall–Kier alpha value is -2.87. The number of carbonyl (C=O) groups is 3. The molecular weight excluding hydrogens is 422 g/mol. The van der Waals surface area contributed by atoms with Crippen LogP contribution in [-0.2, 0) is 14.4 Å². The topological polar surface area (TPSA) is 108 Å². The largest absolute Gasteiger partial charge is 0.493 e. The average molecular weight is 460 g/mol.